The van der Waals surface area contributed by atoms with Crippen LogP contribution in [0.15, 0.2) is 138 Å². The molecule has 4 aromatic carbocycles. The molecule has 0 radical (unpaired) electrons. The zero-order valence-corrected chi connectivity index (χ0v) is 21.3. The van der Waals surface area contributed by atoms with E-state index in [9.17, 15) is 9.59 Å². The van der Waals surface area contributed by atoms with Crippen LogP contribution in [-0.4, -0.2) is 29.1 Å². The summed E-state index contributed by atoms with van der Waals surface area (Å²) in [4.78, 5) is 36.4. The molecule has 5 nitrogen and oxygen atoms in total. The molecule has 5 heteroatoms. The molecule has 3 aliphatic rings. The Morgan fingerprint density at radius 2 is 1.13 bits per heavy atom. The predicted molar refractivity (Wildman–Crippen MR) is 152 cm³/mol. The van der Waals surface area contributed by atoms with E-state index in [1.165, 1.54) is 4.90 Å². The molecule has 0 bridgehead atoms. The Morgan fingerprint density at radius 1 is 0.641 bits per heavy atom. The highest BCUT2D eigenvalue weighted by Gasteiger charge is 2.59. The average molecular weight is 510 g/mol. The van der Waals surface area contributed by atoms with Gasteiger partial charge in [-0.1, -0.05) is 115 Å². The van der Waals surface area contributed by atoms with E-state index in [2.05, 4.69) is 41.3 Å². The van der Waals surface area contributed by atoms with E-state index in [1.807, 2.05) is 97.3 Å². The molecule has 39 heavy (non-hydrogen) atoms. The first-order valence-electron chi connectivity index (χ1n) is 13.3. The van der Waals surface area contributed by atoms with Crippen LogP contribution in [0.1, 0.15) is 23.1 Å². The van der Waals surface area contributed by atoms with Gasteiger partial charge in [0.05, 0.1) is 35.6 Å². The van der Waals surface area contributed by atoms with E-state index < -0.39 is 23.4 Å². The van der Waals surface area contributed by atoms with E-state index in [0.717, 1.165) is 22.4 Å². The van der Waals surface area contributed by atoms with Gasteiger partial charge in [-0.05, 0) is 35.2 Å². The molecule has 0 aromatic heterocycles. The normalized spacial score (nSPS) is 22.1. The lowest BCUT2D eigenvalue weighted by Gasteiger charge is -2.48. The van der Waals surface area contributed by atoms with Crippen LogP contribution in [-0.2, 0) is 15.1 Å². The van der Waals surface area contributed by atoms with Crippen LogP contribution in [0, 0.1) is 11.8 Å². The smallest absolute Gasteiger partial charge is 0.240 e. The van der Waals surface area contributed by atoms with Crippen molar-refractivity contribution in [3.8, 4) is 0 Å². The van der Waals surface area contributed by atoms with Crippen molar-refractivity contribution in [2.24, 2.45) is 16.8 Å². The second-order valence-corrected chi connectivity index (χ2v) is 10.2. The lowest BCUT2D eigenvalue weighted by Crippen LogP contribution is -2.55. The quantitative estimate of drug-likeness (QED) is 0.253. The molecule has 3 atom stereocenters. The lowest BCUT2D eigenvalue weighted by molar-refractivity contribution is -0.122. The molecule has 0 saturated carbocycles. The zero-order chi connectivity index (χ0) is 26.4. The number of allylic oxidation sites excluding steroid dienone is 1. The van der Waals surface area contributed by atoms with Gasteiger partial charge < -0.3 is 4.90 Å². The molecule has 4 aromatic rings. The minimum absolute atomic E-state index is 0.136. The molecule has 0 unspecified atom stereocenters. The summed E-state index contributed by atoms with van der Waals surface area (Å²) in [6.45, 7) is 0. The van der Waals surface area contributed by atoms with Gasteiger partial charge in [0.2, 0.25) is 11.8 Å². The Kier molecular flexibility index (Phi) is 5.51. The topological polar surface area (TPSA) is 53.0 Å². The Bertz CT molecular complexity index is 1490. The molecule has 2 amide bonds. The largest absolute Gasteiger partial charge is 0.335 e. The third-order valence-corrected chi connectivity index (χ3v) is 8.31. The lowest BCUT2D eigenvalue weighted by atomic mass is 9.72. The van der Waals surface area contributed by atoms with Crippen molar-refractivity contribution in [3.63, 3.8) is 0 Å². The molecule has 2 heterocycles. The molecule has 1 fully saturated rings. The number of hydrogen-bond acceptors (Lipinski definition) is 4. The van der Waals surface area contributed by atoms with Crippen LogP contribution < -0.4 is 4.90 Å². The van der Waals surface area contributed by atoms with Gasteiger partial charge in [0.25, 0.3) is 0 Å². The number of amides is 2. The molecular formula is C34H27N3O2. The monoisotopic (exact) mass is 509 g/mol. The van der Waals surface area contributed by atoms with E-state index in [-0.39, 0.29) is 11.8 Å². The van der Waals surface area contributed by atoms with E-state index in [0.29, 0.717) is 12.1 Å². The number of fused-ring (bicyclic) bond motifs is 3. The van der Waals surface area contributed by atoms with E-state index in [1.54, 1.807) is 0 Å². The second-order valence-electron chi connectivity index (χ2n) is 10.2. The van der Waals surface area contributed by atoms with Crippen LogP contribution >= 0.6 is 0 Å². The Labute approximate surface area is 227 Å². The van der Waals surface area contributed by atoms with Gasteiger partial charge in [0.1, 0.15) is 5.54 Å². The number of hydrogen-bond donors (Lipinski definition) is 0. The number of imide groups is 1. The van der Waals surface area contributed by atoms with E-state index in [4.69, 9.17) is 4.99 Å². The van der Waals surface area contributed by atoms with Crippen LogP contribution in [0.3, 0.4) is 0 Å². The fourth-order valence-corrected chi connectivity index (χ4v) is 6.66. The molecular weight excluding hydrogens is 482 g/mol. The Balaban J connectivity index is 1.45. The first-order valence-corrected chi connectivity index (χ1v) is 13.3. The molecule has 0 N–H and O–H groups in total. The summed E-state index contributed by atoms with van der Waals surface area (Å²) < 4.78 is 0. The van der Waals surface area contributed by atoms with Crippen molar-refractivity contribution in [2.45, 2.75) is 18.0 Å². The molecule has 2 aliphatic heterocycles. The predicted octanol–water partition coefficient (Wildman–Crippen LogP) is 5.78. The van der Waals surface area contributed by atoms with Crippen molar-refractivity contribution in [1.29, 1.82) is 0 Å². The number of anilines is 1. The molecule has 7 rings (SSSR count). The van der Waals surface area contributed by atoms with Crippen molar-refractivity contribution >= 4 is 23.8 Å². The summed E-state index contributed by atoms with van der Waals surface area (Å²) in [5, 5.41) is 0. The van der Waals surface area contributed by atoms with Crippen molar-refractivity contribution in [2.75, 3.05) is 4.90 Å². The third kappa shape index (κ3) is 3.43. The summed E-state index contributed by atoms with van der Waals surface area (Å²) in [5.74, 6) is -1.28. The second kappa shape index (κ2) is 9.21. The fourth-order valence-electron chi connectivity index (χ4n) is 6.66. The summed E-state index contributed by atoms with van der Waals surface area (Å²) in [5.41, 5.74) is 3.88. The van der Waals surface area contributed by atoms with Crippen LogP contribution in [0.2, 0.25) is 0 Å². The summed E-state index contributed by atoms with van der Waals surface area (Å²) >= 11 is 0. The summed E-state index contributed by atoms with van der Waals surface area (Å²) in [6, 6.07) is 40.0. The SMILES string of the molecule is O=C1[C@@H]2[C@@H](CC=C3N=CN(C(c4ccccc4)(c4ccccc4)c4ccccc4)[C@@H]32)C(=O)N1c1ccccc1. The van der Waals surface area contributed by atoms with Gasteiger partial charge in [-0.2, -0.15) is 0 Å². The third-order valence-electron chi connectivity index (χ3n) is 8.31. The molecule has 1 saturated heterocycles. The number of nitrogens with zero attached hydrogens (tertiary/aromatic N) is 3. The van der Waals surface area contributed by atoms with Gasteiger partial charge in [0, 0.05) is 0 Å². The number of para-hydroxylation sites is 1. The minimum atomic E-state index is -0.779. The number of carbonyl (C=O) groups excluding carboxylic acids is 2. The summed E-state index contributed by atoms with van der Waals surface area (Å²) in [7, 11) is 0. The maximum atomic E-state index is 14.2. The van der Waals surface area contributed by atoms with Gasteiger partial charge in [-0.25, -0.2) is 9.89 Å². The van der Waals surface area contributed by atoms with Crippen molar-refractivity contribution < 1.29 is 9.59 Å². The van der Waals surface area contributed by atoms with Crippen molar-refractivity contribution in [1.82, 2.24) is 4.90 Å². The first-order chi connectivity index (χ1) is 19.2. The fraction of sp³-hybridized carbons (Fsp3) is 0.147. The van der Waals surface area contributed by atoms with Crippen molar-refractivity contribution in [3.05, 3.63) is 150 Å². The maximum absolute atomic E-state index is 14.2. The Morgan fingerprint density at radius 3 is 1.64 bits per heavy atom. The Hall–Kier alpha value is -4.77. The average Bonchev–Trinajstić information content (AvgIpc) is 3.54. The highest BCUT2D eigenvalue weighted by Crippen LogP contribution is 2.51. The standard InChI is InChI=1S/C34H27N3O2/c38-32-28-21-22-29-31(30(28)33(39)37(32)27-19-11-4-12-20-27)36(23-35-29)34(24-13-5-1-6-14-24,25-15-7-2-8-16-25)26-17-9-3-10-18-26/h1-20,22-23,28,30-31H,21H2/t28-,30-,31+/m1/s1. The zero-order valence-electron chi connectivity index (χ0n) is 21.3. The number of aliphatic imine (C=N–C) groups is 1. The van der Waals surface area contributed by atoms with Gasteiger partial charge in [0.15, 0.2) is 0 Å². The number of carbonyl (C=O) groups is 2. The molecule has 0 spiro atoms. The molecule has 1 aliphatic carbocycles. The van der Waals surface area contributed by atoms with Crippen LogP contribution in [0.4, 0.5) is 5.69 Å². The first kappa shape index (κ1) is 23.4. The van der Waals surface area contributed by atoms with Crippen LogP contribution in [0.5, 0.6) is 0 Å². The van der Waals surface area contributed by atoms with Gasteiger partial charge in [-0.3, -0.25) is 9.59 Å². The highest BCUT2D eigenvalue weighted by atomic mass is 16.2. The van der Waals surface area contributed by atoms with Gasteiger partial charge >= 0.3 is 0 Å². The van der Waals surface area contributed by atoms with Gasteiger partial charge in [-0.15, -0.1) is 0 Å². The molecule has 190 valence electrons. The number of benzene rings is 4. The highest BCUT2D eigenvalue weighted by molar-refractivity contribution is 6.22. The summed E-state index contributed by atoms with van der Waals surface area (Å²) in [6.07, 6.45) is 4.44. The van der Waals surface area contributed by atoms with Crippen LogP contribution in [0.25, 0.3) is 0 Å². The van der Waals surface area contributed by atoms with E-state index >= 15 is 0 Å². The minimum Gasteiger partial charge on any atom is -0.335 e. The maximum Gasteiger partial charge on any atom is 0.240 e. The number of rotatable bonds is 5.